The van der Waals surface area contributed by atoms with Gasteiger partial charge in [-0.15, -0.1) is 0 Å². The maximum atomic E-state index is 9.81. The maximum Gasteiger partial charge on any atom is 0.136 e. The van der Waals surface area contributed by atoms with Gasteiger partial charge in [0.25, 0.3) is 0 Å². The number of hydrogen-bond donors (Lipinski definition) is 0. The summed E-state index contributed by atoms with van der Waals surface area (Å²) in [6.07, 6.45) is 0.655. The number of carbonyl (C=O) groups excluding carboxylic acids is 2. The third-order valence-corrected chi connectivity index (χ3v) is 0.371. The molecule has 0 spiro atoms. The molecule has 0 fully saturated rings. The first-order valence-electron chi connectivity index (χ1n) is 1.70. The molecule has 7 heavy (non-hydrogen) atoms. The quantitative estimate of drug-likeness (QED) is 0.279. The van der Waals surface area contributed by atoms with Crippen molar-refractivity contribution in [3.8, 4) is 0 Å². The summed E-state index contributed by atoms with van der Waals surface area (Å²) in [5.41, 5.74) is 0. The molecule has 0 saturated heterocycles. The zero-order valence-corrected chi connectivity index (χ0v) is 6.60. The summed E-state index contributed by atoms with van der Waals surface area (Å²) in [5, 5.41) is 0. The predicted octanol–water partition coefficient (Wildman–Crippen LogP) is -0.216. The number of ketones is 1. The number of carbonyl (C=O) groups is 2. The van der Waals surface area contributed by atoms with Crippen molar-refractivity contribution in [2.24, 2.45) is 0 Å². The molecule has 0 unspecified atom stereocenters. The van der Waals surface area contributed by atoms with Crippen LogP contribution in [0, 0.1) is 0 Å². The molecule has 0 rings (SSSR count). The molecule has 0 heterocycles. The fourth-order valence-electron chi connectivity index (χ4n) is 0.117. The molecule has 0 aliphatic rings. The molecular formula is C4H6NaO2. The molecule has 2 nitrogen and oxygen atoms in total. The van der Waals surface area contributed by atoms with Gasteiger partial charge in [-0.1, -0.05) is 0 Å². The van der Waals surface area contributed by atoms with Gasteiger partial charge in [-0.3, -0.25) is 4.79 Å². The van der Waals surface area contributed by atoms with Gasteiger partial charge >= 0.3 is 0 Å². The van der Waals surface area contributed by atoms with Gasteiger partial charge in [-0.05, 0) is 6.92 Å². The SMILES string of the molecule is CC(=O)CC=O.[Na]. The molecule has 0 aliphatic carbocycles. The van der Waals surface area contributed by atoms with Crippen LogP contribution in [0.1, 0.15) is 13.3 Å². The van der Waals surface area contributed by atoms with E-state index in [9.17, 15) is 9.59 Å². The van der Waals surface area contributed by atoms with Gasteiger partial charge in [-0.25, -0.2) is 0 Å². The van der Waals surface area contributed by atoms with Crippen molar-refractivity contribution in [3.63, 3.8) is 0 Å². The zero-order chi connectivity index (χ0) is 4.99. The second-order valence-corrected chi connectivity index (χ2v) is 1.07. The first kappa shape index (κ1) is 10.3. The molecule has 0 N–H and O–H groups in total. The molecule has 0 atom stereocenters. The smallest absolute Gasteiger partial charge is 0.136 e. The van der Waals surface area contributed by atoms with Crippen molar-refractivity contribution in [1.29, 1.82) is 0 Å². The molecule has 3 heteroatoms. The summed E-state index contributed by atoms with van der Waals surface area (Å²) < 4.78 is 0. The van der Waals surface area contributed by atoms with E-state index in [2.05, 4.69) is 0 Å². The second kappa shape index (κ2) is 6.34. The van der Waals surface area contributed by atoms with E-state index in [-0.39, 0.29) is 41.8 Å². The van der Waals surface area contributed by atoms with Gasteiger partial charge in [0.2, 0.25) is 0 Å². The third-order valence-electron chi connectivity index (χ3n) is 0.371. The Hall–Kier alpha value is 0.340. The van der Waals surface area contributed by atoms with Crippen LogP contribution in [0.4, 0.5) is 0 Å². The number of rotatable bonds is 2. The van der Waals surface area contributed by atoms with E-state index in [1.54, 1.807) is 0 Å². The van der Waals surface area contributed by atoms with Crippen molar-refractivity contribution in [2.75, 3.05) is 0 Å². The largest absolute Gasteiger partial charge is 0.303 e. The molecule has 0 aromatic carbocycles. The van der Waals surface area contributed by atoms with Crippen LogP contribution in [0.25, 0.3) is 0 Å². The Morgan fingerprint density at radius 3 is 2.14 bits per heavy atom. The first-order chi connectivity index (χ1) is 2.77. The number of Topliss-reactive ketones (excluding diaryl/α,β-unsaturated/α-hetero) is 1. The maximum absolute atomic E-state index is 9.81. The van der Waals surface area contributed by atoms with Gasteiger partial charge < -0.3 is 4.79 Å². The summed E-state index contributed by atoms with van der Waals surface area (Å²) in [5.74, 6) is -0.0787. The van der Waals surface area contributed by atoms with E-state index >= 15 is 0 Å². The average Bonchev–Trinajstić information content (AvgIpc) is 1.35. The van der Waals surface area contributed by atoms with E-state index in [1.807, 2.05) is 0 Å². The standard InChI is InChI=1S/C4H6O2.Na/c1-4(6)2-3-5;/h3H,2H2,1H3;. The fourth-order valence-corrected chi connectivity index (χ4v) is 0.117. The Bertz CT molecular complexity index is 70.1. The minimum Gasteiger partial charge on any atom is -0.303 e. The van der Waals surface area contributed by atoms with Crippen LogP contribution in [-0.2, 0) is 9.59 Å². The monoisotopic (exact) mass is 109 g/mol. The Morgan fingerprint density at radius 2 is 2.14 bits per heavy atom. The third kappa shape index (κ3) is 10.7. The summed E-state index contributed by atoms with van der Waals surface area (Å²) >= 11 is 0. The van der Waals surface area contributed by atoms with E-state index < -0.39 is 0 Å². The zero-order valence-electron chi connectivity index (χ0n) is 4.60. The molecule has 0 amide bonds. The Labute approximate surface area is 64.6 Å². The van der Waals surface area contributed by atoms with E-state index in [1.165, 1.54) is 6.92 Å². The summed E-state index contributed by atoms with van der Waals surface area (Å²) in [4.78, 5) is 19.2. The van der Waals surface area contributed by atoms with Crippen LogP contribution in [0.3, 0.4) is 0 Å². The molecule has 35 valence electrons. The van der Waals surface area contributed by atoms with Crippen molar-refractivity contribution < 1.29 is 9.59 Å². The Morgan fingerprint density at radius 1 is 1.71 bits per heavy atom. The van der Waals surface area contributed by atoms with Gasteiger partial charge in [0.05, 0.1) is 6.42 Å². The summed E-state index contributed by atoms with van der Waals surface area (Å²) in [7, 11) is 0. The Balaban J connectivity index is 0. The average molecular weight is 109 g/mol. The molecule has 0 bridgehead atoms. The van der Waals surface area contributed by atoms with Crippen LogP contribution in [-0.4, -0.2) is 41.6 Å². The second-order valence-electron chi connectivity index (χ2n) is 1.07. The van der Waals surface area contributed by atoms with Crippen LogP contribution in [0.15, 0.2) is 0 Å². The molecule has 0 aromatic heterocycles. The van der Waals surface area contributed by atoms with E-state index in [4.69, 9.17) is 0 Å². The van der Waals surface area contributed by atoms with Crippen molar-refractivity contribution in [1.82, 2.24) is 0 Å². The van der Waals surface area contributed by atoms with Crippen LogP contribution in [0.5, 0.6) is 0 Å². The molecular weight excluding hydrogens is 103 g/mol. The molecule has 0 aliphatic heterocycles. The van der Waals surface area contributed by atoms with Crippen LogP contribution in [0.2, 0.25) is 0 Å². The van der Waals surface area contributed by atoms with E-state index in [0.717, 1.165) is 0 Å². The summed E-state index contributed by atoms with van der Waals surface area (Å²) in [6.45, 7) is 1.38. The fraction of sp³-hybridized carbons (Fsp3) is 0.500. The van der Waals surface area contributed by atoms with Gasteiger partial charge in [-0.2, -0.15) is 0 Å². The number of aldehydes is 1. The first-order valence-corrected chi connectivity index (χ1v) is 1.70. The molecule has 0 aromatic rings. The molecule has 0 saturated carbocycles. The Kier molecular flexibility index (Phi) is 9.37. The van der Waals surface area contributed by atoms with Gasteiger partial charge in [0, 0.05) is 29.6 Å². The number of hydrogen-bond acceptors (Lipinski definition) is 2. The van der Waals surface area contributed by atoms with Crippen molar-refractivity contribution in [3.05, 3.63) is 0 Å². The van der Waals surface area contributed by atoms with Crippen molar-refractivity contribution >= 4 is 41.6 Å². The molecule has 1 radical (unpaired) electrons. The topological polar surface area (TPSA) is 34.1 Å². The van der Waals surface area contributed by atoms with E-state index in [0.29, 0.717) is 6.29 Å². The predicted molar refractivity (Wildman–Crippen MR) is 27.1 cm³/mol. The van der Waals surface area contributed by atoms with Gasteiger partial charge in [0.1, 0.15) is 12.1 Å². The van der Waals surface area contributed by atoms with Crippen LogP contribution >= 0.6 is 0 Å². The minimum atomic E-state index is -0.0787. The van der Waals surface area contributed by atoms with Gasteiger partial charge in [0.15, 0.2) is 0 Å². The minimum absolute atomic E-state index is 0. The van der Waals surface area contributed by atoms with Crippen LogP contribution < -0.4 is 0 Å². The summed E-state index contributed by atoms with van der Waals surface area (Å²) in [6, 6.07) is 0. The normalized spacial score (nSPS) is 6.43. The van der Waals surface area contributed by atoms with Crippen molar-refractivity contribution in [2.45, 2.75) is 13.3 Å².